The van der Waals surface area contributed by atoms with Crippen LogP contribution in [0.2, 0.25) is 0 Å². The number of hydrogen-bond donors (Lipinski definition) is 2. The molecule has 3 N–H and O–H groups in total. The minimum atomic E-state index is -4.50. The molecule has 1 aliphatic carbocycles. The Balaban J connectivity index is 2.94. The molecule has 0 aromatic heterocycles. The molecule has 0 unspecified atom stereocenters. The van der Waals surface area contributed by atoms with E-state index in [1.165, 1.54) is 0 Å². The molecule has 3 nitrogen and oxygen atoms in total. The zero-order valence-electron chi connectivity index (χ0n) is 7.66. The Bertz CT molecular complexity index is 221. The average Bonchev–Trinajstić information content (AvgIpc) is 2.16. The van der Waals surface area contributed by atoms with Crippen LogP contribution >= 0.6 is 0 Å². The Hall–Kier alpha value is -0.780. The van der Waals surface area contributed by atoms with Crippen LogP contribution in [0.4, 0.5) is 13.2 Å². The number of hydrogen-bond acceptors (Lipinski definition) is 2. The fourth-order valence-electron chi connectivity index (χ4n) is 1.93. The lowest BCUT2D eigenvalue weighted by Gasteiger charge is -2.36. The van der Waals surface area contributed by atoms with Crippen LogP contribution in [-0.4, -0.2) is 12.1 Å². The van der Waals surface area contributed by atoms with Gasteiger partial charge in [-0.1, -0.05) is 19.3 Å². The lowest BCUT2D eigenvalue weighted by atomic mass is 9.73. The third-order valence-corrected chi connectivity index (χ3v) is 2.82. The summed E-state index contributed by atoms with van der Waals surface area (Å²) in [6, 6.07) is 0. The molecule has 1 fully saturated rings. The van der Waals surface area contributed by atoms with Crippen molar-refractivity contribution >= 4 is 5.91 Å². The maximum absolute atomic E-state index is 12.7. The summed E-state index contributed by atoms with van der Waals surface area (Å²) in [6.07, 6.45) is -3.22. The molecular weight excluding hydrogens is 197 g/mol. The Kier molecular flexibility index (Phi) is 3.04. The van der Waals surface area contributed by atoms with Crippen molar-refractivity contribution in [1.82, 2.24) is 5.43 Å². The normalized spacial score (nSPS) is 21.7. The van der Waals surface area contributed by atoms with Gasteiger partial charge in [-0.2, -0.15) is 13.2 Å². The van der Waals surface area contributed by atoms with E-state index in [-0.39, 0.29) is 12.8 Å². The van der Waals surface area contributed by atoms with Gasteiger partial charge in [0.1, 0.15) is 5.41 Å². The summed E-state index contributed by atoms with van der Waals surface area (Å²) in [4.78, 5) is 11.2. The number of rotatable bonds is 1. The van der Waals surface area contributed by atoms with E-state index in [1.54, 1.807) is 5.43 Å². The van der Waals surface area contributed by atoms with Gasteiger partial charge in [0.05, 0.1) is 0 Å². The summed E-state index contributed by atoms with van der Waals surface area (Å²) >= 11 is 0. The van der Waals surface area contributed by atoms with Gasteiger partial charge >= 0.3 is 6.18 Å². The molecule has 0 saturated heterocycles. The SMILES string of the molecule is NNC(=O)C1(C(F)(F)F)CCCCC1. The van der Waals surface area contributed by atoms with Crippen LogP contribution in [0.15, 0.2) is 0 Å². The van der Waals surface area contributed by atoms with E-state index in [0.717, 1.165) is 6.42 Å². The molecule has 1 saturated carbocycles. The zero-order chi connectivity index (χ0) is 10.8. The minimum Gasteiger partial charge on any atom is -0.293 e. The Morgan fingerprint density at radius 2 is 1.71 bits per heavy atom. The number of alkyl halides is 3. The summed E-state index contributed by atoms with van der Waals surface area (Å²) < 4.78 is 38.2. The van der Waals surface area contributed by atoms with E-state index in [0.29, 0.717) is 12.8 Å². The largest absolute Gasteiger partial charge is 0.403 e. The predicted octanol–water partition coefficient (Wildman–Crippen LogP) is 1.49. The number of nitrogens with two attached hydrogens (primary N) is 1. The van der Waals surface area contributed by atoms with Gasteiger partial charge in [0.2, 0.25) is 5.91 Å². The lowest BCUT2D eigenvalue weighted by molar-refractivity contribution is -0.230. The molecule has 1 rings (SSSR count). The van der Waals surface area contributed by atoms with Crippen molar-refractivity contribution in [3.8, 4) is 0 Å². The maximum Gasteiger partial charge on any atom is 0.403 e. The number of nitrogens with one attached hydrogen (secondary N) is 1. The van der Waals surface area contributed by atoms with Crippen LogP contribution in [0.5, 0.6) is 0 Å². The van der Waals surface area contributed by atoms with E-state index in [1.807, 2.05) is 0 Å². The van der Waals surface area contributed by atoms with Gasteiger partial charge < -0.3 is 0 Å². The van der Waals surface area contributed by atoms with E-state index in [4.69, 9.17) is 5.84 Å². The number of amides is 1. The molecule has 1 amide bonds. The van der Waals surface area contributed by atoms with Crippen LogP contribution < -0.4 is 11.3 Å². The molecule has 0 radical (unpaired) electrons. The first-order valence-electron chi connectivity index (χ1n) is 4.52. The summed E-state index contributed by atoms with van der Waals surface area (Å²) in [5.74, 6) is 3.68. The van der Waals surface area contributed by atoms with Crippen molar-refractivity contribution in [2.45, 2.75) is 38.3 Å². The smallest absolute Gasteiger partial charge is 0.293 e. The van der Waals surface area contributed by atoms with Crippen LogP contribution in [0.3, 0.4) is 0 Å². The summed E-state index contributed by atoms with van der Waals surface area (Å²) in [6.45, 7) is 0. The number of carbonyl (C=O) groups is 1. The van der Waals surface area contributed by atoms with Gasteiger partial charge in [-0.05, 0) is 12.8 Å². The van der Waals surface area contributed by atoms with Gasteiger partial charge in [-0.25, -0.2) is 5.84 Å². The monoisotopic (exact) mass is 210 g/mol. The average molecular weight is 210 g/mol. The van der Waals surface area contributed by atoms with E-state index >= 15 is 0 Å². The highest BCUT2D eigenvalue weighted by molar-refractivity contribution is 5.83. The molecule has 14 heavy (non-hydrogen) atoms. The van der Waals surface area contributed by atoms with Gasteiger partial charge in [0, 0.05) is 0 Å². The summed E-state index contributed by atoms with van der Waals surface area (Å²) in [5, 5.41) is 0. The van der Waals surface area contributed by atoms with E-state index in [9.17, 15) is 18.0 Å². The van der Waals surface area contributed by atoms with Crippen molar-refractivity contribution in [3.63, 3.8) is 0 Å². The second-order valence-electron chi connectivity index (χ2n) is 3.61. The Labute approximate surface area is 79.8 Å². The third-order valence-electron chi connectivity index (χ3n) is 2.82. The third kappa shape index (κ3) is 1.70. The molecule has 0 heterocycles. The molecule has 1 aliphatic rings. The highest BCUT2D eigenvalue weighted by atomic mass is 19.4. The number of hydrazine groups is 1. The molecule has 0 bridgehead atoms. The van der Waals surface area contributed by atoms with Gasteiger partial charge in [0.25, 0.3) is 0 Å². The van der Waals surface area contributed by atoms with Crippen molar-refractivity contribution in [2.75, 3.05) is 0 Å². The van der Waals surface area contributed by atoms with Crippen LogP contribution in [0, 0.1) is 5.41 Å². The Morgan fingerprint density at radius 1 is 1.21 bits per heavy atom. The fourth-order valence-corrected chi connectivity index (χ4v) is 1.93. The second-order valence-corrected chi connectivity index (χ2v) is 3.61. The zero-order valence-corrected chi connectivity index (χ0v) is 7.66. The van der Waals surface area contributed by atoms with E-state index in [2.05, 4.69) is 0 Å². The minimum absolute atomic E-state index is 0.153. The number of carbonyl (C=O) groups excluding carboxylic acids is 1. The molecule has 6 heteroatoms. The molecule has 0 atom stereocenters. The molecule has 0 aromatic rings. The van der Waals surface area contributed by atoms with Crippen LogP contribution in [0.25, 0.3) is 0 Å². The molecule has 0 spiro atoms. The van der Waals surface area contributed by atoms with Crippen LogP contribution in [-0.2, 0) is 4.79 Å². The van der Waals surface area contributed by atoms with Crippen molar-refractivity contribution < 1.29 is 18.0 Å². The molecule has 0 aromatic carbocycles. The molecule has 0 aliphatic heterocycles. The van der Waals surface area contributed by atoms with Gasteiger partial charge in [0.15, 0.2) is 0 Å². The number of halogens is 3. The first-order valence-corrected chi connectivity index (χ1v) is 4.52. The standard InChI is InChI=1S/C8H13F3N2O/c9-8(10,11)7(6(14)13-12)4-2-1-3-5-7/h1-5,12H2,(H,13,14). The maximum atomic E-state index is 12.7. The Morgan fingerprint density at radius 3 is 2.07 bits per heavy atom. The topological polar surface area (TPSA) is 55.1 Å². The van der Waals surface area contributed by atoms with Crippen molar-refractivity contribution in [3.05, 3.63) is 0 Å². The second kappa shape index (κ2) is 3.76. The van der Waals surface area contributed by atoms with Crippen LogP contribution in [0.1, 0.15) is 32.1 Å². The highest BCUT2D eigenvalue weighted by Gasteiger charge is 2.59. The van der Waals surface area contributed by atoms with Crippen molar-refractivity contribution in [1.29, 1.82) is 0 Å². The lowest BCUT2D eigenvalue weighted by Crippen LogP contribution is -2.53. The summed E-state index contributed by atoms with van der Waals surface area (Å²) in [5.41, 5.74) is -0.627. The first kappa shape index (κ1) is 11.3. The first-order chi connectivity index (χ1) is 6.44. The van der Waals surface area contributed by atoms with Gasteiger partial charge in [-0.3, -0.25) is 10.2 Å². The quantitative estimate of drug-likeness (QED) is 0.391. The van der Waals surface area contributed by atoms with Crippen molar-refractivity contribution in [2.24, 2.45) is 11.3 Å². The molecule has 82 valence electrons. The van der Waals surface area contributed by atoms with Gasteiger partial charge in [-0.15, -0.1) is 0 Å². The van der Waals surface area contributed by atoms with E-state index < -0.39 is 17.5 Å². The summed E-state index contributed by atoms with van der Waals surface area (Å²) in [7, 11) is 0. The molecular formula is C8H13F3N2O. The predicted molar refractivity (Wildman–Crippen MR) is 43.9 cm³/mol. The highest BCUT2D eigenvalue weighted by Crippen LogP contribution is 2.48. The fraction of sp³-hybridized carbons (Fsp3) is 0.875.